The molecule has 1 amide bonds. The van der Waals surface area contributed by atoms with Gasteiger partial charge in [-0.2, -0.15) is 0 Å². The fraction of sp³-hybridized carbons (Fsp3) is 0.421. The molecule has 1 aliphatic heterocycles. The van der Waals surface area contributed by atoms with Crippen LogP contribution in [0.25, 0.3) is 0 Å². The van der Waals surface area contributed by atoms with E-state index >= 15 is 0 Å². The minimum absolute atomic E-state index is 0.0202. The Bertz CT molecular complexity index is 742. The van der Waals surface area contributed by atoms with Crippen molar-refractivity contribution >= 4 is 5.91 Å². The maximum atomic E-state index is 12.7. The Morgan fingerprint density at radius 3 is 2.68 bits per heavy atom. The van der Waals surface area contributed by atoms with Crippen molar-refractivity contribution in [1.82, 2.24) is 19.8 Å². The summed E-state index contributed by atoms with van der Waals surface area (Å²) in [5.74, 6) is 0.893. The molecule has 0 N–H and O–H groups in total. The molecule has 1 saturated heterocycles. The van der Waals surface area contributed by atoms with Gasteiger partial charge in [-0.1, -0.05) is 12.1 Å². The molecule has 0 unspecified atom stereocenters. The van der Waals surface area contributed by atoms with Gasteiger partial charge < -0.3 is 9.64 Å². The Morgan fingerprint density at radius 2 is 2.00 bits per heavy atom. The van der Waals surface area contributed by atoms with E-state index in [2.05, 4.69) is 33.9 Å². The van der Waals surface area contributed by atoms with Crippen LogP contribution in [0.5, 0.6) is 5.75 Å². The lowest BCUT2D eigenvalue weighted by Gasteiger charge is -2.38. The molecule has 1 atom stereocenters. The van der Waals surface area contributed by atoms with E-state index in [1.807, 2.05) is 24.0 Å². The van der Waals surface area contributed by atoms with Crippen molar-refractivity contribution in [3.8, 4) is 5.75 Å². The standard InChI is InChI=1S/C19H24N4O2/c1-14-18(12-20-13-21-14)19(24)23-9-7-22(8-10-23)15(2)16-5-4-6-17(11-16)25-3/h4-6,11-13,15H,7-10H2,1-3H3/t15-/m0/s1. The van der Waals surface area contributed by atoms with Crippen molar-refractivity contribution < 1.29 is 9.53 Å². The average molecular weight is 340 g/mol. The van der Waals surface area contributed by atoms with Crippen molar-refractivity contribution in [1.29, 1.82) is 0 Å². The van der Waals surface area contributed by atoms with Gasteiger partial charge in [0.15, 0.2) is 0 Å². The highest BCUT2D eigenvalue weighted by Crippen LogP contribution is 2.25. The zero-order chi connectivity index (χ0) is 17.8. The fourth-order valence-electron chi connectivity index (χ4n) is 3.20. The number of benzene rings is 1. The lowest BCUT2D eigenvalue weighted by Crippen LogP contribution is -2.49. The zero-order valence-electron chi connectivity index (χ0n) is 15.0. The van der Waals surface area contributed by atoms with E-state index in [1.165, 1.54) is 11.9 Å². The Kier molecular flexibility index (Phi) is 5.28. The first-order valence-electron chi connectivity index (χ1n) is 8.54. The van der Waals surface area contributed by atoms with Gasteiger partial charge in [0, 0.05) is 38.4 Å². The van der Waals surface area contributed by atoms with Crippen LogP contribution >= 0.6 is 0 Å². The molecule has 0 radical (unpaired) electrons. The lowest BCUT2D eigenvalue weighted by molar-refractivity contribution is 0.0580. The summed E-state index contributed by atoms with van der Waals surface area (Å²) in [5, 5.41) is 0. The molecule has 25 heavy (non-hydrogen) atoms. The van der Waals surface area contributed by atoms with Gasteiger partial charge in [-0.25, -0.2) is 9.97 Å². The van der Waals surface area contributed by atoms with Crippen LogP contribution in [-0.2, 0) is 0 Å². The minimum atomic E-state index is 0.0202. The summed E-state index contributed by atoms with van der Waals surface area (Å²) in [6, 6.07) is 8.45. The summed E-state index contributed by atoms with van der Waals surface area (Å²) < 4.78 is 5.32. The van der Waals surface area contributed by atoms with Gasteiger partial charge in [0.05, 0.1) is 18.4 Å². The molecular formula is C19H24N4O2. The van der Waals surface area contributed by atoms with Crippen LogP contribution in [0.2, 0.25) is 0 Å². The predicted octanol–water partition coefficient (Wildman–Crippen LogP) is 2.31. The van der Waals surface area contributed by atoms with E-state index in [1.54, 1.807) is 13.3 Å². The van der Waals surface area contributed by atoms with Gasteiger partial charge in [-0.05, 0) is 31.5 Å². The molecule has 3 rings (SSSR count). The molecular weight excluding hydrogens is 316 g/mol. The van der Waals surface area contributed by atoms with Crippen LogP contribution in [0.4, 0.5) is 0 Å². The summed E-state index contributed by atoms with van der Waals surface area (Å²) in [6.45, 7) is 7.15. The molecule has 6 nitrogen and oxygen atoms in total. The first-order valence-corrected chi connectivity index (χ1v) is 8.54. The van der Waals surface area contributed by atoms with Gasteiger partial charge in [-0.3, -0.25) is 9.69 Å². The molecule has 0 saturated carbocycles. The number of methoxy groups -OCH3 is 1. The van der Waals surface area contributed by atoms with Crippen molar-refractivity contribution in [2.24, 2.45) is 0 Å². The molecule has 6 heteroatoms. The largest absolute Gasteiger partial charge is 0.497 e. The average Bonchev–Trinajstić information content (AvgIpc) is 2.67. The summed E-state index contributed by atoms with van der Waals surface area (Å²) in [5.41, 5.74) is 2.55. The summed E-state index contributed by atoms with van der Waals surface area (Å²) in [6.07, 6.45) is 3.08. The molecule has 1 fully saturated rings. The molecule has 1 aromatic heterocycles. The third-order valence-corrected chi connectivity index (χ3v) is 4.87. The molecule has 2 aromatic rings. The quantitative estimate of drug-likeness (QED) is 0.855. The number of rotatable bonds is 4. The zero-order valence-corrected chi connectivity index (χ0v) is 15.0. The molecule has 1 aliphatic rings. The summed E-state index contributed by atoms with van der Waals surface area (Å²) in [4.78, 5) is 25.0. The molecule has 0 spiro atoms. The predicted molar refractivity (Wildman–Crippen MR) is 95.7 cm³/mol. The first-order chi connectivity index (χ1) is 12.1. The van der Waals surface area contributed by atoms with Gasteiger partial charge in [-0.15, -0.1) is 0 Å². The number of piperazine rings is 1. The van der Waals surface area contributed by atoms with Crippen LogP contribution in [-0.4, -0.2) is 59.0 Å². The molecule has 1 aromatic carbocycles. The number of amides is 1. The molecule has 2 heterocycles. The van der Waals surface area contributed by atoms with E-state index in [0.29, 0.717) is 18.7 Å². The first kappa shape index (κ1) is 17.4. The van der Waals surface area contributed by atoms with Gasteiger partial charge in [0.25, 0.3) is 5.91 Å². The Balaban J connectivity index is 1.63. The third kappa shape index (κ3) is 3.79. The van der Waals surface area contributed by atoms with Crippen molar-refractivity contribution in [2.45, 2.75) is 19.9 Å². The smallest absolute Gasteiger partial charge is 0.257 e. The number of ether oxygens (including phenoxy) is 1. The van der Waals surface area contributed by atoms with E-state index in [4.69, 9.17) is 4.74 Å². The van der Waals surface area contributed by atoms with Gasteiger partial charge in [0.1, 0.15) is 12.1 Å². The Labute approximate surface area is 148 Å². The fourth-order valence-corrected chi connectivity index (χ4v) is 3.20. The van der Waals surface area contributed by atoms with Crippen LogP contribution in [0.1, 0.15) is 34.6 Å². The maximum Gasteiger partial charge on any atom is 0.257 e. The number of hydrogen-bond acceptors (Lipinski definition) is 5. The number of carbonyl (C=O) groups is 1. The van der Waals surface area contributed by atoms with Crippen molar-refractivity contribution in [2.75, 3.05) is 33.3 Å². The second kappa shape index (κ2) is 7.61. The Morgan fingerprint density at radius 1 is 1.24 bits per heavy atom. The third-order valence-electron chi connectivity index (χ3n) is 4.87. The van der Waals surface area contributed by atoms with E-state index in [9.17, 15) is 4.79 Å². The molecule has 0 bridgehead atoms. The number of aromatic nitrogens is 2. The minimum Gasteiger partial charge on any atom is -0.497 e. The van der Waals surface area contributed by atoms with E-state index in [0.717, 1.165) is 24.5 Å². The molecule has 132 valence electrons. The van der Waals surface area contributed by atoms with Crippen LogP contribution < -0.4 is 4.74 Å². The monoisotopic (exact) mass is 340 g/mol. The number of nitrogens with zero attached hydrogens (tertiary/aromatic N) is 4. The van der Waals surface area contributed by atoms with Crippen LogP contribution in [0.15, 0.2) is 36.8 Å². The van der Waals surface area contributed by atoms with Crippen molar-refractivity contribution in [3.63, 3.8) is 0 Å². The second-order valence-electron chi connectivity index (χ2n) is 6.30. The topological polar surface area (TPSA) is 58.6 Å². The number of carbonyl (C=O) groups excluding carboxylic acids is 1. The second-order valence-corrected chi connectivity index (χ2v) is 6.30. The van der Waals surface area contributed by atoms with Crippen LogP contribution in [0.3, 0.4) is 0 Å². The summed E-state index contributed by atoms with van der Waals surface area (Å²) in [7, 11) is 1.68. The van der Waals surface area contributed by atoms with Gasteiger partial charge >= 0.3 is 0 Å². The van der Waals surface area contributed by atoms with Crippen LogP contribution in [0, 0.1) is 6.92 Å². The summed E-state index contributed by atoms with van der Waals surface area (Å²) >= 11 is 0. The number of hydrogen-bond donors (Lipinski definition) is 0. The van der Waals surface area contributed by atoms with Crippen molar-refractivity contribution in [3.05, 3.63) is 53.6 Å². The normalized spacial score (nSPS) is 16.5. The van der Waals surface area contributed by atoms with E-state index < -0.39 is 0 Å². The molecule has 0 aliphatic carbocycles. The van der Waals surface area contributed by atoms with E-state index in [-0.39, 0.29) is 11.9 Å². The highest BCUT2D eigenvalue weighted by Gasteiger charge is 2.26. The highest BCUT2D eigenvalue weighted by molar-refractivity contribution is 5.94. The number of aryl methyl sites for hydroxylation is 1. The lowest BCUT2D eigenvalue weighted by atomic mass is 10.1. The highest BCUT2D eigenvalue weighted by atomic mass is 16.5. The SMILES string of the molecule is COc1cccc([C@H](C)N2CCN(C(=O)c3cncnc3C)CC2)c1. The Hall–Kier alpha value is -2.47. The van der Waals surface area contributed by atoms with Gasteiger partial charge in [0.2, 0.25) is 0 Å². The maximum absolute atomic E-state index is 12.7.